The first-order valence-corrected chi connectivity index (χ1v) is 6.97. The second-order valence-electron chi connectivity index (χ2n) is 6.83. The summed E-state index contributed by atoms with van der Waals surface area (Å²) >= 11 is 0. The van der Waals surface area contributed by atoms with Gasteiger partial charge in [0.05, 0.1) is 0 Å². The number of carbonyl (C=O) groups excluding carboxylic acids is 1. The lowest BCUT2D eigenvalue weighted by atomic mass is 9.47. The first-order valence-electron chi connectivity index (χ1n) is 6.97. The average Bonchev–Trinajstić information content (AvgIpc) is 2.63. The van der Waals surface area contributed by atoms with E-state index in [1.165, 1.54) is 38.5 Å². The molecule has 5 aliphatic rings. The summed E-state index contributed by atoms with van der Waals surface area (Å²) in [7, 11) is 0. The summed E-state index contributed by atoms with van der Waals surface area (Å²) in [6.07, 6.45) is 12.7. The normalized spacial score (nSPS) is 49.9. The van der Waals surface area contributed by atoms with Gasteiger partial charge in [0.25, 0.3) is 0 Å². The summed E-state index contributed by atoms with van der Waals surface area (Å²) in [5.41, 5.74) is 2.05. The topological polar surface area (TPSA) is 17.1 Å². The molecule has 1 heteroatoms. The Morgan fingerprint density at radius 1 is 0.938 bits per heavy atom. The van der Waals surface area contributed by atoms with Gasteiger partial charge in [-0.2, -0.15) is 0 Å². The highest BCUT2D eigenvalue weighted by Gasteiger charge is 2.52. The van der Waals surface area contributed by atoms with Crippen LogP contribution in [-0.2, 0) is 4.79 Å². The summed E-state index contributed by atoms with van der Waals surface area (Å²) in [4.78, 5) is 11.5. The van der Waals surface area contributed by atoms with Gasteiger partial charge in [-0.1, -0.05) is 5.57 Å². The van der Waals surface area contributed by atoms with E-state index in [4.69, 9.17) is 0 Å². The molecule has 4 saturated carbocycles. The van der Waals surface area contributed by atoms with E-state index < -0.39 is 0 Å². The standard InChI is InChI=1S/C15H20O/c16-14-2-1-13(6-14)15-7-10-3-11(8-15)5-12(4-10)9-15/h6,10-12H,1-5,7-9H2. The number of carbonyl (C=O) groups is 1. The maximum absolute atomic E-state index is 11.5. The van der Waals surface area contributed by atoms with E-state index in [1.807, 2.05) is 6.08 Å². The van der Waals surface area contributed by atoms with E-state index >= 15 is 0 Å². The third kappa shape index (κ3) is 1.20. The molecule has 5 aliphatic carbocycles. The molecule has 0 saturated heterocycles. The first-order chi connectivity index (χ1) is 7.73. The molecule has 0 heterocycles. The molecule has 4 fully saturated rings. The van der Waals surface area contributed by atoms with E-state index in [0.717, 1.165) is 30.6 Å². The van der Waals surface area contributed by atoms with Crippen molar-refractivity contribution >= 4 is 5.78 Å². The lowest BCUT2D eigenvalue weighted by molar-refractivity contribution is -0.114. The van der Waals surface area contributed by atoms with Crippen LogP contribution in [0.25, 0.3) is 0 Å². The fourth-order valence-electron chi connectivity index (χ4n) is 5.52. The Balaban J connectivity index is 1.71. The monoisotopic (exact) mass is 216 g/mol. The number of hydrogen-bond acceptors (Lipinski definition) is 1. The zero-order valence-corrected chi connectivity index (χ0v) is 9.87. The van der Waals surface area contributed by atoms with Gasteiger partial charge in [-0.25, -0.2) is 0 Å². The highest BCUT2D eigenvalue weighted by atomic mass is 16.1. The van der Waals surface area contributed by atoms with Gasteiger partial charge in [-0.3, -0.25) is 4.79 Å². The van der Waals surface area contributed by atoms with Gasteiger partial charge in [0.15, 0.2) is 5.78 Å². The minimum absolute atomic E-state index is 0.394. The van der Waals surface area contributed by atoms with Crippen molar-refractivity contribution in [2.24, 2.45) is 23.2 Å². The number of hydrogen-bond donors (Lipinski definition) is 0. The summed E-state index contributed by atoms with van der Waals surface area (Å²) in [5, 5.41) is 0. The van der Waals surface area contributed by atoms with Crippen LogP contribution in [0.1, 0.15) is 51.4 Å². The molecule has 0 radical (unpaired) electrons. The molecule has 0 aliphatic heterocycles. The van der Waals surface area contributed by atoms with Crippen molar-refractivity contribution in [3.8, 4) is 0 Å². The van der Waals surface area contributed by atoms with Crippen molar-refractivity contribution in [1.82, 2.24) is 0 Å². The molecule has 0 aromatic rings. The molecule has 0 spiro atoms. The predicted molar refractivity (Wildman–Crippen MR) is 62.9 cm³/mol. The maximum atomic E-state index is 11.5. The van der Waals surface area contributed by atoms with E-state index in [2.05, 4.69) is 0 Å². The molecule has 4 bridgehead atoms. The van der Waals surface area contributed by atoms with Gasteiger partial charge < -0.3 is 0 Å². The second-order valence-corrected chi connectivity index (χ2v) is 6.83. The van der Waals surface area contributed by atoms with Crippen molar-refractivity contribution in [2.75, 3.05) is 0 Å². The van der Waals surface area contributed by atoms with Crippen LogP contribution in [0.4, 0.5) is 0 Å². The van der Waals surface area contributed by atoms with Crippen LogP contribution in [0.15, 0.2) is 11.6 Å². The predicted octanol–water partition coefficient (Wildman–Crippen LogP) is 3.49. The smallest absolute Gasteiger partial charge is 0.155 e. The molecule has 1 nitrogen and oxygen atoms in total. The Labute approximate surface area is 97.3 Å². The average molecular weight is 216 g/mol. The highest BCUT2D eigenvalue weighted by Crippen LogP contribution is 2.63. The summed E-state index contributed by atoms with van der Waals surface area (Å²) in [5.74, 6) is 3.40. The van der Waals surface area contributed by atoms with Crippen LogP contribution < -0.4 is 0 Å². The molecule has 0 unspecified atom stereocenters. The molecule has 5 rings (SSSR count). The number of ketones is 1. The minimum Gasteiger partial charge on any atom is -0.295 e. The summed E-state index contributed by atoms with van der Waals surface area (Å²) in [6, 6.07) is 0. The lowest BCUT2D eigenvalue weighted by Crippen LogP contribution is -2.46. The lowest BCUT2D eigenvalue weighted by Gasteiger charge is -2.57. The summed E-state index contributed by atoms with van der Waals surface area (Å²) in [6.45, 7) is 0. The SMILES string of the molecule is O=C1C=C(C23CC4CC(CC(C4)C2)C3)CC1. The highest BCUT2D eigenvalue weighted by molar-refractivity contribution is 5.93. The Bertz CT molecular complexity index is 342. The first kappa shape index (κ1) is 9.44. The zero-order chi connectivity index (χ0) is 10.8. The maximum Gasteiger partial charge on any atom is 0.155 e. The Hall–Kier alpha value is -0.590. The third-order valence-electron chi connectivity index (χ3n) is 5.70. The van der Waals surface area contributed by atoms with Crippen LogP contribution in [0.2, 0.25) is 0 Å². The van der Waals surface area contributed by atoms with Crippen molar-refractivity contribution in [3.63, 3.8) is 0 Å². The molecule has 0 N–H and O–H groups in total. The van der Waals surface area contributed by atoms with E-state index in [-0.39, 0.29) is 0 Å². The molecule has 0 atom stereocenters. The molecule has 86 valence electrons. The number of allylic oxidation sites excluding steroid dienone is 2. The van der Waals surface area contributed by atoms with Gasteiger partial charge in [-0.15, -0.1) is 0 Å². The quantitative estimate of drug-likeness (QED) is 0.655. The summed E-state index contributed by atoms with van der Waals surface area (Å²) < 4.78 is 0. The van der Waals surface area contributed by atoms with Gasteiger partial charge in [0.1, 0.15) is 0 Å². The number of rotatable bonds is 1. The van der Waals surface area contributed by atoms with Crippen molar-refractivity contribution < 1.29 is 4.79 Å². The molecule has 0 aromatic carbocycles. The van der Waals surface area contributed by atoms with Crippen LogP contribution in [0.5, 0.6) is 0 Å². The largest absolute Gasteiger partial charge is 0.295 e. The van der Waals surface area contributed by atoms with Crippen LogP contribution in [-0.4, -0.2) is 5.78 Å². The van der Waals surface area contributed by atoms with Crippen molar-refractivity contribution in [3.05, 3.63) is 11.6 Å². The third-order valence-corrected chi connectivity index (χ3v) is 5.70. The Morgan fingerprint density at radius 3 is 1.94 bits per heavy atom. The molecule has 16 heavy (non-hydrogen) atoms. The van der Waals surface area contributed by atoms with Crippen LogP contribution >= 0.6 is 0 Å². The minimum atomic E-state index is 0.394. The van der Waals surface area contributed by atoms with Gasteiger partial charge in [-0.05, 0) is 74.2 Å². The van der Waals surface area contributed by atoms with E-state index in [0.29, 0.717) is 11.2 Å². The molecular weight excluding hydrogens is 196 g/mol. The molecule has 0 aromatic heterocycles. The van der Waals surface area contributed by atoms with E-state index in [1.54, 1.807) is 5.57 Å². The fraction of sp³-hybridized carbons (Fsp3) is 0.800. The van der Waals surface area contributed by atoms with Crippen LogP contribution in [0.3, 0.4) is 0 Å². The fourth-order valence-corrected chi connectivity index (χ4v) is 5.52. The van der Waals surface area contributed by atoms with Crippen molar-refractivity contribution in [1.29, 1.82) is 0 Å². The second kappa shape index (κ2) is 3.00. The molecule has 0 amide bonds. The van der Waals surface area contributed by atoms with Gasteiger partial charge >= 0.3 is 0 Å². The molecular formula is C15H20O. The van der Waals surface area contributed by atoms with Gasteiger partial charge in [0, 0.05) is 6.42 Å². The van der Waals surface area contributed by atoms with Crippen molar-refractivity contribution in [2.45, 2.75) is 51.4 Å². The zero-order valence-electron chi connectivity index (χ0n) is 9.87. The van der Waals surface area contributed by atoms with E-state index in [9.17, 15) is 4.79 Å². The Kier molecular flexibility index (Phi) is 1.77. The Morgan fingerprint density at radius 2 is 1.50 bits per heavy atom. The van der Waals surface area contributed by atoms with Gasteiger partial charge in [0.2, 0.25) is 0 Å². The van der Waals surface area contributed by atoms with Crippen LogP contribution in [0, 0.1) is 23.2 Å².